The fourth-order valence-electron chi connectivity index (χ4n) is 4.19. The molecule has 2 fully saturated rings. The summed E-state index contributed by atoms with van der Waals surface area (Å²) in [4.78, 5) is 19.7. The fourth-order valence-corrected chi connectivity index (χ4v) is 4.19. The lowest BCUT2D eigenvalue weighted by Gasteiger charge is -2.39. The molecule has 3 heterocycles. The van der Waals surface area contributed by atoms with Crippen molar-refractivity contribution in [3.8, 4) is 11.3 Å². The number of hydrogen-bond donors (Lipinski definition) is 0. The van der Waals surface area contributed by atoms with Crippen molar-refractivity contribution in [3.05, 3.63) is 42.5 Å². The molecule has 1 atom stereocenters. The average Bonchev–Trinajstić information content (AvgIpc) is 2.79. The Balaban J connectivity index is 1.39. The number of piperazine rings is 1. The monoisotopic (exact) mass is 379 g/mol. The molecule has 28 heavy (non-hydrogen) atoms. The number of hydrogen-bond acceptors (Lipinski definition) is 5. The molecular formula is C22H29N5O. The van der Waals surface area contributed by atoms with Crippen LogP contribution in [-0.2, 0) is 4.79 Å². The highest BCUT2D eigenvalue weighted by Gasteiger charge is 2.31. The van der Waals surface area contributed by atoms with E-state index in [-0.39, 0.29) is 5.92 Å². The van der Waals surface area contributed by atoms with E-state index in [1.54, 1.807) is 0 Å². The number of carbonyl (C=O) groups excluding carboxylic acids is 1. The van der Waals surface area contributed by atoms with Crippen LogP contribution in [0.5, 0.6) is 0 Å². The van der Waals surface area contributed by atoms with Gasteiger partial charge >= 0.3 is 0 Å². The predicted octanol–water partition coefficient (Wildman–Crippen LogP) is 2.52. The van der Waals surface area contributed by atoms with Gasteiger partial charge in [0.25, 0.3) is 0 Å². The van der Waals surface area contributed by atoms with Crippen molar-refractivity contribution in [2.45, 2.75) is 19.8 Å². The van der Waals surface area contributed by atoms with Gasteiger partial charge in [-0.05, 0) is 31.5 Å². The van der Waals surface area contributed by atoms with Crippen molar-refractivity contribution < 1.29 is 4.79 Å². The lowest BCUT2D eigenvalue weighted by molar-refractivity contribution is -0.137. The summed E-state index contributed by atoms with van der Waals surface area (Å²) in [5.41, 5.74) is 1.95. The van der Waals surface area contributed by atoms with Crippen LogP contribution in [0.3, 0.4) is 0 Å². The normalized spacial score (nSPS) is 21.0. The molecule has 6 nitrogen and oxygen atoms in total. The van der Waals surface area contributed by atoms with Gasteiger partial charge in [-0.3, -0.25) is 4.79 Å². The second kappa shape index (κ2) is 8.69. The van der Waals surface area contributed by atoms with Gasteiger partial charge in [0, 0.05) is 44.8 Å². The van der Waals surface area contributed by atoms with E-state index < -0.39 is 0 Å². The first-order valence-electron chi connectivity index (χ1n) is 10.4. The molecule has 0 saturated carbocycles. The molecule has 1 aromatic carbocycles. The van der Waals surface area contributed by atoms with Crippen molar-refractivity contribution in [2.75, 3.05) is 50.7 Å². The van der Waals surface area contributed by atoms with E-state index in [1.165, 1.54) is 0 Å². The van der Waals surface area contributed by atoms with E-state index in [2.05, 4.69) is 31.8 Å². The minimum atomic E-state index is 0.0672. The standard InChI is InChI=1S/C22H29N5O/c1-2-25-13-15-26(16-14-25)22(28)19-9-6-12-27(17-19)21-11-10-20(23-24-21)18-7-4-3-5-8-18/h3-5,7-8,10-11,19H,2,6,9,12-17H2,1H3. The maximum Gasteiger partial charge on any atom is 0.227 e. The molecule has 1 amide bonds. The number of amides is 1. The van der Waals surface area contributed by atoms with Gasteiger partial charge in [-0.15, -0.1) is 10.2 Å². The van der Waals surface area contributed by atoms with Crippen LogP contribution in [-0.4, -0.2) is 71.7 Å². The zero-order valence-electron chi connectivity index (χ0n) is 16.6. The van der Waals surface area contributed by atoms with Gasteiger partial charge in [-0.2, -0.15) is 0 Å². The summed E-state index contributed by atoms with van der Waals surface area (Å²) >= 11 is 0. The molecule has 2 aliphatic rings. The van der Waals surface area contributed by atoms with E-state index in [9.17, 15) is 4.79 Å². The van der Waals surface area contributed by atoms with Crippen LogP contribution >= 0.6 is 0 Å². The quantitative estimate of drug-likeness (QED) is 0.817. The molecule has 4 rings (SSSR count). The second-order valence-electron chi connectivity index (χ2n) is 7.69. The number of carbonyl (C=O) groups is 1. The number of nitrogens with zero attached hydrogens (tertiary/aromatic N) is 5. The minimum absolute atomic E-state index is 0.0672. The SMILES string of the molecule is CCN1CCN(C(=O)C2CCCN(c3ccc(-c4ccccc4)nn3)C2)CC1. The van der Waals surface area contributed by atoms with E-state index in [1.807, 2.05) is 42.5 Å². The Hall–Kier alpha value is -2.47. The zero-order valence-corrected chi connectivity index (χ0v) is 16.6. The molecular weight excluding hydrogens is 350 g/mol. The number of aromatic nitrogens is 2. The van der Waals surface area contributed by atoms with Crippen LogP contribution in [0, 0.1) is 5.92 Å². The highest BCUT2D eigenvalue weighted by Crippen LogP contribution is 2.24. The number of rotatable bonds is 4. The second-order valence-corrected chi connectivity index (χ2v) is 7.69. The Kier molecular flexibility index (Phi) is 5.86. The maximum absolute atomic E-state index is 13.0. The van der Waals surface area contributed by atoms with Crippen molar-refractivity contribution in [1.82, 2.24) is 20.0 Å². The Morgan fingerprint density at radius 2 is 1.79 bits per heavy atom. The number of anilines is 1. The number of likely N-dealkylation sites (N-methyl/N-ethyl adjacent to an activating group) is 1. The molecule has 148 valence electrons. The van der Waals surface area contributed by atoms with Crippen LogP contribution in [0.4, 0.5) is 5.82 Å². The molecule has 0 radical (unpaired) electrons. The van der Waals surface area contributed by atoms with Crippen molar-refractivity contribution >= 4 is 11.7 Å². The van der Waals surface area contributed by atoms with Crippen molar-refractivity contribution in [3.63, 3.8) is 0 Å². The van der Waals surface area contributed by atoms with Crippen molar-refractivity contribution in [1.29, 1.82) is 0 Å². The molecule has 6 heteroatoms. The Morgan fingerprint density at radius 3 is 2.46 bits per heavy atom. The van der Waals surface area contributed by atoms with Gasteiger partial charge in [0.05, 0.1) is 11.6 Å². The highest BCUT2D eigenvalue weighted by atomic mass is 16.2. The zero-order chi connectivity index (χ0) is 19.3. The van der Waals surface area contributed by atoms with E-state index in [0.717, 1.165) is 75.7 Å². The van der Waals surface area contributed by atoms with Crippen LogP contribution in [0.2, 0.25) is 0 Å². The van der Waals surface area contributed by atoms with Gasteiger partial charge < -0.3 is 14.7 Å². The molecule has 2 aromatic rings. The Labute approximate surface area is 167 Å². The van der Waals surface area contributed by atoms with E-state index in [4.69, 9.17) is 0 Å². The summed E-state index contributed by atoms with van der Waals surface area (Å²) < 4.78 is 0. The first-order chi connectivity index (χ1) is 13.7. The molecule has 0 bridgehead atoms. The highest BCUT2D eigenvalue weighted by molar-refractivity contribution is 5.80. The third-order valence-corrected chi connectivity index (χ3v) is 5.95. The van der Waals surface area contributed by atoms with Gasteiger partial charge in [0.2, 0.25) is 5.91 Å². The summed E-state index contributed by atoms with van der Waals surface area (Å²) in [5, 5.41) is 8.86. The summed E-state index contributed by atoms with van der Waals surface area (Å²) in [6, 6.07) is 14.1. The third kappa shape index (κ3) is 4.17. The summed E-state index contributed by atoms with van der Waals surface area (Å²) in [5.74, 6) is 1.25. The lowest BCUT2D eigenvalue weighted by atomic mass is 9.96. The van der Waals surface area contributed by atoms with Gasteiger partial charge in [0.1, 0.15) is 0 Å². The summed E-state index contributed by atoms with van der Waals surface area (Å²) in [7, 11) is 0. The first-order valence-corrected chi connectivity index (χ1v) is 10.4. The topological polar surface area (TPSA) is 52.6 Å². The molecule has 1 unspecified atom stereocenters. The molecule has 0 spiro atoms. The minimum Gasteiger partial charge on any atom is -0.354 e. The molecule has 0 aliphatic carbocycles. The largest absolute Gasteiger partial charge is 0.354 e. The third-order valence-electron chi connectivity index (χ3n) is 5.95. The average molecular weight is 380 g/mol. The van der Waals surface area contributed by atoms with Gasteiger partial charge in [0.15, 0.2) is 5.82 Å². The maximum atomic E-state index is 13.0. The summed E-state index contributed by atoms with van der Waals surface area (Å²) in [6.07, 6.45) is 1.99. The molecule has 0 N–H and O–H groups in total. The predicted molar refractivity (Wildman–Crippen MR) is 111 cm³/mol. The van der Waals surface area contributed by atoms with Gasteiger partial charge in [-0.1, -0.05) is 37.3 Å². The lowest BCUT2D eigenvalue weighted by Crippen LogP contribution is -2.52. The van der Waals surface area contributed by atoms with Crippen molar-refractivity contribution in [2.24, 2.45) is 5.92 Å². The Bertz CT molecular complexity index is 771. The number of benzene rings is 1. The van der Waals surface area contributed by atoms with Crippen LogP contribution in [0.15, 0.2) is 42.5 Å². The van der Waals surface area contributed by atoms with E-state index in [0.29, 0.717) is 5.91 Å². The summed E-state index contributed by atoms with van der Waals surface area (Å²) in [6.45, 7) is 8.62. The molecule has 1 aromatic heterocycles. The van der Waals surface area contributed by atoms with Crippen LogP contribution in [0.25, 0.3) is 11.3 Å². The Morgan fingerprint density at radius 1 is 1.00 bits per heavy atom. The molecule has 2 saturated heterocycles. The molecule has 2 aliphatic heterocycles. The van der Waals surface area contributed by atoms with E-state index >= 15 is 0 Å². The fraction of sp³-hybridized carbons (Fsp3) is 0.500. The van der Waals surface area contributed by atoms with Crippen LogP contribution < -0.4 is 4.90 Å². The van der Waals surface area contributed by atoms with Gasteiger partial charge in [-0.25, -0.2) is 0 Å². The first kappa shape index (κ1) is 18.9. The smallest absolute Gasteiger partial charge is 0.227 e. The van der Waals surface area contributed by atoms with Crippen LogP contribution in [0.1, 0.15) is 19.8 Å². The number of piperidine rings is 1.